The molecule has 1 amide bonds. The van der Waals surface area contributed by atoms with E-state index < -0.39 is 0 Å². The molecule has 1 aromatic carbocycles. The maximum absolute atomic E-state index is 11.8. The van der Waals surface area contributed by atoms with Crippen LogP contribution in [-0.2, 0) is 4.74 Å². The summed E-state index contributed by atoms with van der Waals surface area (Å²) in [5.41, 5.74) is 0.498. The minimum absolute atomic E-state index is 0.181. The van der Waals surface area contributed by atoms with Gasteiger partial charge in [-0.15, -0.1) is 0 Å². The number of amides is 1. The molecule has 0 bridgehead atoms. The molecular formula is C12H17NO4. The molecule has 1 aromatic rings. The number of ether oxygens (including phenoxy) is 3. The van der Waals surface area contributed by atoms with E-state index in [0.29, 0.717) is 30.2 Å². The number of benzene rings is 1. The topological polar surface area (TPSA) is 56.8 Å². The lowest BCUT2D eigenvalue weighted by atomic mass is 10.2. The van der Waals surface area contributed by atoms with Gasteiger partial charge in [0.15, 0.2) is 0 Å². The summed E-state index contributed by atoms with van der Waals surface area (Å²) in [6.07, 6.45) is 0. The molecule has 0 aliphatic carbocycles. The van der Waals surface area contributed by atoms with E-state index in [2.05, 4.69) is 5.32 Å². The molecule has 94 valence electrons. The van der Waals surface area contributed by atoms with Gasteiger partial charge in [-0.05, 0) is 12.1 Å². The lowest BCUT2D eigenvalue weighted by Gasteiger charge is -2.08. The zero-order valence-electron chi connectivity index (χ0n) is 10.3. The lowest BCUT2D eigenvalue weighted by Crippen LogP contribution is -2.26. The molecule has 0 radical (unpaired) electrons. The molecule has 5 heteroatoms. The molecule has 0 unspecified atom stereocenters. The second-order valence-electron chi connectivity index (χ2n) is 3.35. The third-order valence-electron chi connectivity index (χ3n) is 2.21. The molecule has 0 saturated carbocycles. The SMILES string of the molecule is COCCNC(=O)c1cc(OC)cc(OC)c1. The predicted octanol–water partition coefficient (Wildman–Crippen LogP) is 1.08. The van der Waals surface area contributed by atoms with E-state index in [0.717, 1.165) is 0 Å². The first-order chi connectivity index (χ1) is 8.21. The number of nitrogens with one attached hydrogen (secondary N) is 1. The van der Waals surface area contributed by atoms with Crippen molar-refractivity contribution in [3.8, 4) is 11.5 Å². The van der Waals surface area contributed by atoms with Crippen molar-refractivity contribution in [3.63, 3.8) is 0 Å². The molecule has 0 aromatic heterocycles. The van der Waals surface area contributed by atoms with Gasteiger partial charge in [-0.3, -0.25) is 4.79 Å². The molecule has 0 saturated heterocycles. The van der Waals surface area contributed by atoms with Crippen molar-refractivity contribution in [3.05, 3.63) is 23.8 Å². The van der Waals surface area contributed by atoms with Crippen LogP contribution in [0.25, 0.3) is 0 Å². The Balaban J connectivity index is 2.77. The fourth-order valence-electron chi connectivity index (χ4n) is 1.31. The second-order valence-corrected chi connectivity index (χ2v) is 3.35. The molecule has 0 atom stereocenters. The molecule has 0 fully saturated rings. The first kappa shape index (κ1) is 13.3. The molecule has 0 spiro atoms. The summed E-state index contributed by atoms with van der Waals surface area (Å²) >= 11 is 0. The van der Waals surface area contributed by atoms with Crippen molar-refractivity contribution in [2.75, 3.05) is 34.5 Å². The van der Waals surface area contributed by atoms with Crippen LogP contribution in [0.5, 0.6) is 11.5 Å². The molecular weight excluding hydrogens is 222 g/mol. The zero-order valence-corrected chi connectivity index (χ0v) is 10.3. The normalized spacial score (nSPS) is 9.82. The molecule has 17 heavy (non-hydrogen) atoms. The average molecular weight is 239 g/mol. The standard InChI is InChI=1S/C12H17NO4/c1-15-5-4-13-12(14)9-6-10(16-2)8-11(7-9)17-3/h6-8H,4-5H2,1-3H3,(H,13,14). The Morgan fingerprint density at radius 3 is 2.18 bits per heavy atom. The highest BCUT2D eigenvalue weighted by atomic mass is 16.5. The van der Waals surface area contributed by atoms with Gasteiger partial charge in [-0.2, -0.15) is 0 Å². The lowest BCUT2D eigenvalue weighted by molar-refractivity contribution is 0.0936. The van der Waals surface area contributed by atoms with Crippen molar-refractivity contribution >= 4 is 5.91 Å². The summed E-state index contributed by atoms with van der Waals surface area (Å²) in [7, 11) is 4.67. The monoisotopic (exact) mass is 239 g/mol. The van der Waals surface area contributed by atoms with E-state index in [1.54, 1.807) is 39.5 Å². The minimum atomic E-state index is -0.181. The highest BCUT2D eigenvalue weighted by molar-refractivity contribution is 5.95. The number of rotatable bonds is 6. The van der Waals surface area contributed by atoms with Crippen LogP contribution in [0.4, 0.5) is 0 Å². The second kappa shape index (κ2) is 6.75. The first-order valence-electron chi connectivity index (χ1n) is 5.21. The van der Waals surface area contributed by atoms with Gasteiger partial charge >= 0.3 is 0 Å². The summed E-state index contributed by atoms with van der Waals surface area (Å²) in [4.78, 5) is 11.8. The van der Waals surface area contributed by atoms with Crippen molar-refractivity contribution in [2.45, 2.75) is 0 Å². The maximum Gasteiger partial charge on any atom is 0.251 e. The Kier molecular flexibility index (Phi) is 5.29. The number of methoxy groups -OCH3 is 3. The van der Waals surface area contributed by atoms with Crippen LogP contribution < -0.4 is 14.8 Å². The Hall–Kier alpha value is -1.75. The Labute approximate surface area is 101 Å². The van der Waals surface area contributed by atoms with E-state index in [1.165, 1.54) is 0 Å². The van der Waals surface area contributed by atoms with Crippen LogP contribution in [0.3, 0.4) is 0 Å². The van der Waals surface area contributed by atoms with Crippen LogP contribution in [0, 0.1) is 0 Å². The van der Waals surface area contributed by atoms with E-state index in [1.807, 2.05) is 0 Å². The number of carbonyl (C=O) groups is 1. The van der Waals surface area contributed by atoms with Gasteiger partial charge in [0.05, 0.1) is 20.8 Å². The molecule has 1 rings (SSSR count). The van der Waals surface area contributed by atoms with Gasteiger partial charge in [0.25, 0.3) is 5.91 Å². The number of carbonyl (C=O) groups excluding carboxylic acids is 1. The third kappa shape index (κ3) is 3.96. The summed E-state index contributed by atoms with van der Waals surface area (Å²) < 4.78 is 15.0. The minimum Gasteiger partial charge on any atom is -0.497 e. The van der Waals surface area contributed by atoms with Crippen LogP contribution in [-0.4, -0.2) is 40.4 Å². The molecule has 0 aliphatic rings. The largest absolute Gasteiger partial charge is 0.497 e. The van der Waals surface area contributed by atoms with Crippen molar-refractivity contribution < 1.29 is 19.0 Å². The molecule has 1 N–H and O–H groups in total. The Bertz CT molecular complexity index is 357. The van der Waals surface area contributed by atoms with E-state index in [-0.39, 0.29) is 5.91 Å². The third-order valence-corrected chi connectivity index (χ3v) is 2.21. The van der Waals surface area contributed by atoms with Gasteiger partial charge < -0.3 is 19.5 Å². The number of hydrogen-bond acceptors (Lipinski definition) is 4. The fourth-order valence-corrected chi connectivity index (χ4v) is 1.31. The van der Waals surface area contributed by atoms with Gasteiger partial charge in [-0.1, -0.05) is 0 Å². The quantitative estimate of drug-likeness (QED) is 0.755. The Morgan fingerprint density at radius 1 is 1.12 bits per heavy atom. The van der Waals surface area contributed by atoms with E-state index >= 15 is 0 Å². The summed E-state index contributed by atoms with van der Waals surface area (Å²) in [5, 5.41) is 2.73. The van der Waals surface area contributed by atoms with Crippen LogP contribution in [0.15, 0.2) is 18.2 Å². The molecule has 5 nitrogen and oxygen atoms in total. The Morgan fingerprint density at radius 2 is 1.71 bits per heavy atom. The predicted molar refractivity (Wildman–Crippen MR) is 63.8 cm³/mol. The van der Waals surface area contributed by atoms with E-state index in [4.69, 9.17) is 14.2 Å². The summed E-state index contributed by atoms with van der Waals surface area (Å²) in [6.45, 7) is 0.946. The molecule has 0 aliphatic heterocycles. The van der Waals surface area contributed by atoms with Gasteiger partial charge in [0.1, 0.15) is 11.5 Å². The smallest absolute Gasteiger partial charge is 0.251 e. The van der Waals surface area contributed by atoms with Crippen LogP contribution >= 0.6 is 0 Å². The highest BCUT2D eigenvalue weighted by Gasteiger charge is 2.08. The van der Waals surface area contributed by atoms with Gasteiger partial charge in [0, 0.05) is 25.3 Å². The maximum atomic E-state index is 11.8. The summed E-state index contributed by atoms with van der Waals surface area (Å²) in [5.74, 6) is 0.988. The van der Waals surface area contributed by atoms with Gasteiger partial charge in [-0.25, -0.2) is 0 Å². The highest BCUT2D eigenvalue weighted by Crippen LogP contribution is 2.22. The summed E-state index contributed by atoms with van der Waals surface area (Å²) in [6, 6.07) is 5.03. The van der Waals surface area contributed by atoms with E-state index in [9.17, 15) is 4.79 Å². The van der Waals surface area contributed by atoms with Crippen molar-refractivity contribution in [1.82, 2.24) is 5.32 Å². The zero-order chi connectivity index (χ0) is 12.7. The van der Waals surface area contributed by atoms with Crippen LogP contribution in [0.1, 0.15) is 10.4 Å². The van der Waals surface area contributed by atoms with Crippen molar-refractivity contribution in [1.29, 1.82) is 0 Å². The molecule has 0 heterocycles. The van der Waals surface area contributed by atoms with Crippen molar-refractivity contribution in [2.24, 2.45) is 0 Å². The first-order valence-corrected chi connectivity index (χ1v) is 5.21. The van der Waals surface area contributed by atoms with Gasteiger partial charge in [0.2, 0.25) is 0 Å². The van der Waals surface area contributed by atoms with Crippen LogP contribution in [0.2, 0.25) is 0 Å². The number of hydrogen-bond donors (Lipinski definition) is 1. The average Bonchev–Trinajstić information content (AvgIpc) is 2.38. The fraction of sp³-hybridized carbons (Fsp3) is 0.417.